The van der Waals surface area contributed by atoms with Crippen LogP contribution in [0.3, 0.4) is 0 Å². The Morgan fingerprint density at radius 1 is 1.47 bits per heavy atom. The summed E-state index contributed by atoms with van der Waals surface area (Å²) in [4.78, 5) is 5.49. The summed E-state index contributed by atoms with van der Waals surface area (Å²) in [5.74, 6) is 5.71. The van der Waals surface area contributed by atoms with Gasteiger partial charge in [-0.05, 0) is 26.3 Å². The number of nitrogens with zero attached hydrogens (tertiary/aromatic N) is 3. The molecule has 2 heterocycles. The van der Waals surface area contributed by atoms with Crippen LogP contribution in [0.1, 0.15) is 41.8 Å². The molecule has 6 heteroatoms. The van der Waals surface area contributed by atoms with Crippen molar-refractivity contribution in [3.8, 4) is 0 Å². The lowest BCUT2D eigenvalue weighted by molar-refractivity contribution is 0.520. The van der Waals surface area contributed by atoms with Gasteiger partial charge in [0.05, 0.1) is 22.9 Å². The molecule has 0 aliphatic rings. The van der Waals surface area contributed by atoms with E-state index < -0.39 is 0 Å². The van der Waals surface area contributed by atoms with E-state index in [0.29, 0.717) is 0 Å². The first-order chi connectivity index (χ1) is 9.19. The number of hydrogen-bond acceptors (Lipinski definition) is 5. The molecule has 0 fully saturated rings. The standard InChI is InChI=1S/C13H21N5S/c1-4-10-6-11(18(5-2)17-10)7-12(16-14)13-9(3)15-8-19-13/h6,8,12,16H,4-5,7,14H2,1-3H3. The molecule has 19 heavy (non-hydrogen) atoms. The zero-order valence-electron chi connectivity index (χ0n) is 11.7. The van der Waals surface area contributed by atoms with Crippen molar-refractivity contribution in [2.75, 3.05) is 0 Å². The molecule has 2 aromatic heterocycles. The number of nitrogens with two attached hydrogens (primary N) is 1. The predicted molar refractivity (Wildman–Crippen MR) is 77.9 cm³/mol. The molecule has 0 bridgehead atoms. The largest absolute Gasteiger partial charge is 0.271 e. The molecule has 0 saturated carbocycles. The Kier molecular flexibility index (Phi) is 4.68. The van der Waals surface area contributed by atoms with E-state index in [1.165, 1.54) is 10.6 Å². The molecular formula is C13H21N5S. The van der Waals surface area contributed by atoms with Crippen LogP contribution in [-0.2, 0) is 19.4 Å². The fourth-order valence-corrected chi connectivity index (χ4v) is 3.07. The summed E-state index contributed by atoms with van der Waals surface area (Å²) in [5, 5.41) is 4.57. The zero-order chi connectivity index (χ0) is 13.8. The highest BCUT2D eigenvalue weighted by Gasteiger charge is 2.18. The summed E-state index contributed by atoms with van der Waals surface area (Å²) < 4.78 is 2.06. The molecule has 0 aromatic carbocycles. The van der Waals surface area contributed by atoms with E-state index >= 15 is 0 Å². The lowest BCUT2D eigenvalue weighted by Crippen LogP contribution is -2.30. The van der Waals surface area contributed by atoms with Crippen LogP contribution in [0.15, 0.2) is 11.6 Å². The Labute approximate surface area is 117 Å². The fourth-order valence-electron chi connectivity index (χ4n) is 2.21. The SMILES string of the molecule is CCc1cc(CC(NN)c2scnc2C)n(CC)n1. The molecule has 104 valence electrons. The summed E-state index contributed by atoms with van der Waals surface area (Å²) in [6.45, 7) is 7.13. The van der Waals surface area contributed by atoms with Gasteiger partial charge < -0.3 is 0 Å². The molecular weight excluding hydrogens is 258 g/mol. The average molecular weight is 279 g/mol. The molecule has 0 aliphatic carbocycles. The van der Waals surface area contributed by atoms with Crippen molar-refractivity contribution in [3.05, 3.63) is 33.5 Å². The van der Waals surface area contributed by atoms with Gasteiger partial charge >= 0.3 is 0 Å². The Morgan fingerprint density at radius 3 is 2.79 bits per heavy atom. The van der Waals surface area contributed by atoms with E-state index in [1.54, 1.807) is 11.3 Å². The third-order valence-electron chi connectivity index (χ3n) is 3.29. The first-order valence-electron chi connectivity index (χ1n) is 6.61. The number of thiazole rings is 1. The van der Waals surface area contributed by atoms with Crippen LogP contribution in [0.4, 0.5) is 0 Å². The van der Waals surface area contributed by atoms with Gasteiger partial charge in [0.2, 0.25) is 0 Å². The number of aryl methyl sites for hydroxylation is 3. The maximum atomic E-state index is 5.71. The summed E-state index contributed by atoms with van der Waals surface area (Å²) in [5.41, 5.74) is 8.16. The van der Waals surface area contributed by atoms with Crippen LogP contribution in [0, 0.1) is 6.92 Å². The van der Waals surface area contributed by atoms with Gasteiger partial charge in [0.1, 0.15) is 0 Å². The van der Waals surface area contributed by atoms with E-state index in [0.717, 1.165) is 30.8 Å². The monoisotopic (exact) mass is 279 g/mol. The average Bonchev–Trinajstić information content (AvgIpc) is 3.01. The first-order valence-corrected chi connectivity index (χ1v) is 7.49. The summed E-state index contributed by atoms with van der Waals surface area (Å²) in [6, 6.07) is 2.27. The van der Waals surface area contributed by atoms with Crippen LogP contribution in [0.5, 0.6) is 0 Å². The molecule has 1 unspecified atom stereocenters. The molecule has 5 nitrogen and oxygen atoms in total. The van der Waals surface area contributed by atoms with Crippen molar-refractivity contribution >= 4 is 11.3 Å². The highest BCUT2D eigenvalue weighted by Crippen LogP contribution is 2.24. The zero-order valence-corrected chi connectivity index (χ0v) is 12.5. The van der Waals surface area contributed by atoms with Gasteiger partial charge in [0, 0.05) is 23.5 Å². The Morgan fingerprint density at radius 2 is 2.26 bits per heavy atom. The highest BCUT2D eigenvalue weighted by molar-refractivity contribution is 7.09. The quantitative estimate of drug-likeness (QED) is 0.626. The van der Waals surface area contributed by atoms with Gasteiger partial charge in [-0.25, -0.2) is 4.98 Å². The molecule has 0 aliphatic heterocycles. The van der Waals surface area contributed by atoms with Gasteiger partial charge in [0.25, 0.3) is 0 Å². The van der Waals surface area contributed by atoms with E-state index in [1.807, 2.05) is 12.4 Å². The third kappa shape index (κ3) is 3.02. The van der Waals surface area contributed by atoms with Gasteiger partial charge in [-0.1, -0.05) is 6.92 Å². The second-order valence-corrected chi connectivity index (χ2v) is 5.41. The molecule has 1 atom stereocenters. The van der Waals surface area contributed by atoms with Gasteiger partial charge in [-0.2, -0.15) is 5.10 Å². The first kappa shape index (κ1) is 14.2. The van der Waals surface area contributed by atoms with Crippen molar-refractivity contribution in [3.63, 3.8) is 0 Å². The topological polar surface area (TPSA) is 68.8 Å². The number of nitrogens with one attached hydrogen (secondary N) is 1. The van der Waals surface area contributed by atoms with Gasteiger partial charge in [0.15, 0.2) is 0 Å². The maximum absolute atomic E-state index is 5.71. The summed E-state index contributed by atoms with van der Waals surface area (Å²) in [7, 11) is 0. The Bertz CT molecular complexity index is 531. The summed E-state index contributed by atoms with van der Waals surface area (Å²) in [6.07, 6.45) is 1.79. The molecule has 0 amide bonds. The predicted octanol–water partition coefficient (Wildman–Crippen LogP) is 1.98. The minimum Gasteiger partial charge on any atom is -0.271 e. The van der Waals surface area contributed by atoms with Gasteiger partial charge in [-0.15, -0.1) is 11.3 Å². The van der Waals surface area contributed by atoms with Crippen LogP contribution >= 0.6 is 11.3 Å². The van der Waals surface area contributed by atoms with Crippen molar-refractivity contribution in [2.45, 2.75) is 46.2 Å². The molecule has 2 aromatic rings. The minimum absolute atomic E-state index is 0.0965. The van der Waals surface area contributed by atoms with Crippen molar-refractivity contribution in [2.24, 2.45) is 5.84 Å². The van der Waals surface area contributed by atoms with Crippen molar-refractivity contribution in [1.29, 1.82) is 0 Å². The van der Waals surface area contributed by atoms with Crippen LogP contribution in [0.25, 0.3) is 0 Å². The Balaban J connectivity index is 2.23. The second-order valence-electron chi connectivity index (χ2n) is 4.52. The lowest BCUT2D eigenvalue weighted by atomic mass is 10.1. The molecule has 0 spiro atoms. The van der Waals surface area contributed by atoms with Crippen LogP contribution < -0.4 is 11.3 Å². The molecule has 2 rings (SSSR count). The second kappa shape index (κ2) is 6.27. The normalized spacial score (nSPS) is 12.8. The summed E-state index contributed by atoms with van der Waals surface area (Å²) >= 11 is 1.64. The third-order valence-corrected chi connectivity index (χ3v) is 4.33. The maximum Gasteiger partial charge on any atom is 0.0798 e. The van der Waals surface area contributed by atoms with Crippen LogP contribution in [0.2, 0.25) is 0 Å². The highest BCUT2D eigenvalue weighted by atomic mass is 32.1. The molecule has 3 N–H and O–H groups in total. The van der Waals surface area contributed by atoms with E-state index in [2.05, 4.69) is 40.1 Å². The van der Waals surface area contributed by atoms with E-state index in [4.69, 9.17) is 5.84 Å². The number of hydrogen-bond donors (Lipinski definition) is 2. The minimum atomic E-state index is 0.0965. The van der Waals surface area contributed by atoms with Crippen molar-refractivity contribution < 1.29 is 0 Å². The molecule has 0 saturated heterocycles. The smallest absolute Gasteiger partial charge is 0.0798 e. The number of aromatic nitrogens is 3. The number of rotatable bonds is 6. The van der Waals surface area contributed by atoms with Crippen molar-refractivity contribution in [1.82, 2.24) is 20.2 Å². The lowest BCUT2D eigenvalue weighted by Gasteiger charge is -2.15. The number of hydrazine groups is 1. The van der Waals surface area contributed by atoms with E-state index in [-0.39, 0.29) is 6.04 Å². The van der Waals surface area contributed by atoms with Gasteiger partial charge in [-0.3, -0.25) is 16.0 Å². The fraction of sp³-hybridized carbons (Fsp3) is 0.538. The molecule has 0 radical (unpaired) electrons. The van der Waals surface area contributed by atoms with Crippen LogP contribution in [-0.4, -0.2) is 14.8 Å². The van der Waals surface area contributed by atoms with E-state index in [9.17, 15) is 0 Å². The Hall–Kier alpha value is -1.24.